The number of hydrogen-bond acceptors (Lipinski definition) is 5. The summed E-state index contributed by atoms with van der Waals surface area (Å²) in [6, 6.07) is 2.90. The topological polar surface area (TPSA) is 94.8 Å². The smallest absolute Gasteiger partial charge is 0.321 e. The second-order valence-corrected chi connectivity index (χ2v) is 5.30. The Morgan fingerprint density at radius 1 is 1.52 bits per heavy atom. The number of hydrogen-bond donors (Lipinski definition) is 3. The molecule has 0 aliphatic carbocycles. The summed E-state index contributed by atoms with van der Waals surface area (Å²) >= 11 is 0. The maximum atomic E-state index is 11.8. The van der Waals surface area contributed by atoms with Crippen molar-refractivity contribution in [3.63, 3.8) is 0 Å². The average Bonchev–Trinajstić information content (AvgIpc) is 3.06. The quantitative estimate of drug-likeness (QED) is 0.726. The largest absolute Gasteiger partial charge is 0.467 e. The molecule has 116 valence electrons. The van der Waals surface area contributed by atoms with Crippen LogP contribution in [0.1, 0.15) is 19.1 Å². The van der Waals surface area contributed by atoms with Crippen molar-refractivity contribution in [2.45, 2.75) is 25.9 Å². The molecule has 0 aromatic carbocycles. The zero-order valence-electron chi connectivity index (χ0n) is 12.0. The van der Waals surface area contributed by atoms with Crippen molar-refractivity contribution in [1.82, 2.24) is 15.5 Å². The number of carbonyl (C=O) groups is 2. The zero-order valence-corrected chi connectivity index (χ0v) is 12.0. The number of imide groups is 1. The molecule has 0 radical (unpaired) electrons. The predicted octanol–water partition coefficient (Wildman–Crippen LogP) is 0.308. The molecule has 2 atom stereocenters. The number of nitrogens with one attached hydrogen (secondary N) is 2. The van der Waals surface area contributed by atoms with Crippen molar-refractivity contribution in [3.05, 3.63) is 24.2 Å². The van der Waals surface area contributed by atoms with Crippen molar-refractivity contribution < 1.29 is 19.1 Å². The van der Waals surface area contributed by atoms with Crippen LogP contribution in [0.2, 0.25) is 0 Å². The van der Waals surface area contributed by atoms with E-state index in [9.17, 15) is 14.7 Å². The minimum atomic E-state index is -0.552. The zero-order chi connectivity index (χ0) is 15.2. The Morgan fingerprint density at radius 3 is 3.00 bits per heavy atom. The first kappa shape index (κ1) is 15.5. The maximum absolute atomic E-state index is 11.8. The molecular formula is C14H21N3O4. The van der Waals surface area contributed by atoms with Crippen LogP contribution < -0.4 is 10.6 Å². The normalized spacial score (nSPS) is 22.2. The number of furan rings is 1. The monoisotopic (exact) mass is 295 g/mol. The third-order valence-corrected chi connectivity index (χ3v) is 3.79. The lowest BCUT2D eigenvalue weighted by molar-refractivity contribution is -0.121. The Morgan fingerprint density at radius 2 is 2.33 bits per heavy atom. The van der Waals surface area contributed by atoms with Crippen molar-refractivity contribution in [3.8, 4) is 0 Å². The Labute approximate surface area is 123 Å². The van der Waals surface area contributed by atoms with Gasteiger partial charge >= 0.3 is 6.03 Å². The van der Waals surface area contributed by atoms with Crippen LogP contribution in [0.5, 0.6) is 0 Å². The minimum absolute atomic E-state index is 0.0121. The highest BCUT2D eigenvalue weighted by Crippen LogP contribution is 2.22. The highest BCUT2D eigenvalue weighted by atomic mass is 16.3. The fourth-order valence-electron chi connectivity index (χ4n) is 2.55. The average molecular weight is 295 g/mol. The molecule has 2 heterocycles. The van der Waals surface area contributed by atoms with E-state index in [1.54, 1.807) is 12.1 Å². The molecule has 0 spiro atoms. The van der Waals surface area contributed by atoms with Crippen molar-refractivity contribution in [2.75, 3.05) is 19.7 Å². The summed E-state index contributed by atoms with van der Waals surface area (Å²) in [6.45, 7) is 3.18. The van der Waals surface area contributed by atoms with E-state index in [2.05, 4.69) is 17.6 Å². The second kappa shape index (κ2) is 7.24. The number of amides is 3. The van der Waals surface area contributed by atoms with Gasteiger partial charge in [0.25, 0.3) is 0 Å². The molecule has 7 heteroatoms. The van der Waals surface area contributed by atoms with E-state index >= 15 is 0 Å². The lowest BCUT2D eigenvalue weighted by Crippen LogP contribution is -2.46. The highest BCUT2D eigenvalue weighted by molar-refractivity contribution is 5.95. The van der Waals surface area contributed by atoms with Crippen LogP contribution >= 0.6 is 0 Å². The SMILES string of the molecule is CC1CCN(CC(=O)NC(=O)NCc2ccco2)C1CO. The van der Waals surface area contributed by atoms with Gasteiger partial charge in [0.15, 0.2) is 0 Å². The summed E-state index contributed by atoms with van der Waals surface area (Å²) in [4.78, 5) is 25.3. The van der Waals surface area contributed by atoms with Crippen LogP contribution in [-0.4, -0.2) is 47.7 Å². The molecule has 7 nitrogen and oxygen atoms in total. The standard InChI is InChI=1S/C14H21N3O4/c1-10-4-5-17(12(10)9-18)8-13(19)16-14(20)15-7-11-3-2-6-21-11/h2-3,6,10,12,18H,4-5,7-9H2,1H3,(H2,15,16,19,20). The van der Waals surface area contributed by atoms with Gasteiger partial charge < -0.3 is 14.8 Å². The van der Waals surface area contributed by atoms with Gasteiger partial charge in [-0.3, -0.25) is 15.0 Å². The summed E-state index contributed by atoms with van der Waals surface area (Å²) < 4.78 is 5.07. The van der Waals surface area contributed by atoms with Gasteiger partial charge in [0, 0.05) is 6.04 Å². The van der Waals surface area contributed by atoms with Crippen LogP contribution in [0.4, 0.5) is 4.79 Å². The maximum Gasteiger partial charge on any atom is 0.321 e. The fourth-order valence-corrected chi connectivity index (χ4v) is 2.55. The van der Waals surface area contributed by atoms with Gasteiger partial charge in [-0.2, -0.15) is 0 Å². The third-order valence-electron chi connectivity index (χ3n) is 3.79. The third kappa shape index (κ3) is 4.30. The lowest BCUT2D eigenvalue weighted by atomic mass is 10.0. The first-order valence-corrected chi connectivity index (χ1v) is 7.05. The highest BCUT2D eigenvalue weighted by Gasteiger charge is 2.31. The van der Waals surface area contributed by atoms with E-state index in [1.807, 2.05) is 4.90 Å². The Balaban J connectivity index is 1.72. The Kier molecular flexibility index (Phi) is 5.35. The van der Waals surface area contributed by atoms with Gasteiger partial charge in [0.1, 0.15) is 5.76 Å². The molecule has 1 aromatic heterocycles. The van der Waals surface area contributed by atoms with E-state index in [0.717, 1.165) is 13.0 Å². The van der Waals surface area contributed by atoms with Crippen molar-refractivity contribution in [1.29, 1.82) is 0 Å². The van der Waals surface area contributed by atoms with Crippen molar-refractivity contribution >= 4 is 11.9 Å². The van der Waals surface area contributed by atoms with E-state index in [4.69, 9.17) is 4.42 Å². The fraction of sp³-hybridized carbons (Fsp3) is 0.571. The first-order chi connectivity index (χ1) is 10.1. The molecule has 3 amide bonds. The Hall–Kier alpha value is -1.86. The molecule has 1 aliphatic rings. The van der Waals surface area contributed by atoms with Gasteiger partial charge in [0.2, 0.25) is 5.91 Å². The molecule has 1 aliphatic heterocycles. The Bertz CT molecular complexity index is 475. The molecule has 3 N–H and O–H groups in total. The first-order valence-electron chi connectivity index (χ1n) is 7.05. The molecule has 0 saturated carbocycles. The molecule has 1 aromatic rings. The number of aliphatic hydroxyl groups is 1. The summed E-state index contributed by atoms with van der Waals surface area (Å²) in [7, 11) is 0. The molecule has 2 rings (SSSR count). The summed E-state index contributed by atoms with van der Waals surface area (Å²) in [5.41, 5.74) is 0. The molecule has 1 fully saturated rings. The summed E-state index contributed by atoms with van der Waals surface area (Å²) in [5.74, 6) is 0.599. The number of likely N-dealkylation sites (tertiary alicyclic amines) is 1. The number of urea groups is 1. The molecular weight excluding hydrogens is 274 g/mol. The van der Waals surface area contributed by atoms with E-state index in [1.165, 1.54) is 6.26 Å². The number of aliphatic hydroxyl groups excluding tert-OH is 1. The van der Waals surface area contributed by atoms with Gasteiger partial charge in [-0.25, -0.2) is 4.79 Å². The van der Waals surface area contributed by atoms with Gasteiger partial charge in [0.05, 0.1) is 26.0 Å². The van der Waals surface area contributed by atoms with Crippen LogP contribution in [0, 0.1) is 5.92 Å². The number of carbonyl (C=O) groups excluding carboxylic acids is 2. The predicted molar refractivity (Wildman–Crippen MR) is 75.3 cm³/mol. The molecule has 21 heavy (non-hydrogen) atoms. The van der Waals surface area contributed by atoms with Crippen LogP contribution in [0.25, 0.3) is 0 Å². The van der Waals surface area contributed by atoms with Crippen LogP contribution in [0.15, 0.2) is 22.8 Å². The molecule has 1 saturated heterocycles. The lowest BCUT2D eigenvalue weighted by Gasteiger charge is -2.24. The van der Waals surface area contributed by atoms with Crippen molar-refractivity contribution in [2.24, 2.45) is 5.92 Å². The van der Waals surface area contributed by atoms with Crippen LogP contribution in [0.3, 0.4) is 0 Å². The summed E-state index contributed by atoms with van der Waals surface area (Å²) in [6.07, 6.45) is 2.47. The van der Waals surface area contributed by atoms with Gasteiger partial charge in [-0.1, -0.05) is 6.92 Å². The van der Waals surface area contributed by atoms with E-state index < -0.39 is 6.03 Å². The van der Waals surface area contributed by atoms with E-state index in [-0.39, 0.29) is 31.6 Å². The van der Waals surface area contributed by atoms with Crippen LogP contribution in [-0.2, 0) is 11.3 Å². The van der Waals surface area contributed by atoms with E-state index in [0.29, 0.717) is 11.7 Å². The molecule has 0 bridgehead atoms. The second-order valence-electron chi connectivity index (χ2n) is 5.30. The number of nitrogens with zero attached hydrogens (tertiary/aromatic N) is 1. The van der Waals surface area contributed by atoms with Gasteiger partial charge in [-0.05, 0) is 31.0 Å². The summed E-state index contributed by atoms with van der Waals surface area (Å²) in [5, 5.41) is 14.1. The number of rotatable bonds is 5. The minimum Gasteiger partial charge on any atom is -0.467 e. The van der Waals surface area contributed by atoms with Gasteiger partial charge in [-0.15, -0.1) is 0 Å². The molecule has 2 unspecified atom stereocenters.